The van der Waals surface area contributed by atoms with Crippen molar-refractivity contribution >= 4 is 0 Å². The molecule has 0 aliphatic heterocycles. The van der Waals surface area contributed by atoms with Gasteiger partial charge < -0.3 is 10.7 Å². The predicted molar refractivity (Wildman–Crippen MR) is 80.1 cm³/mol. The molecule has 0 saturated carbocycles. The molecule has 19 heavy (non-hydrogen) atoms. The van der Waals surface area contributed by atoms with Crippen LogP contribution in [0.1, 0.15) is 44.6 Å². The second-order valence-corrected chi connectivity index (χ2v) is 5.48. The van der Waals surface area contributed by atoms with Crippen LogP contribution in [0, 0.1) is 0 Å². The number of aromatic nitrogens is 2. The average Bonchev–Trinajstić information content (AvgIpc) is 2.82. The van der Waals surface area contributed by atoms with E-state index in [9.17, 15) is 0 Å². The summed E-state index contributed by atoms with van der Waals surface area (Å²) in [5.74, 6) is 1.48. The Morgan fingerprint density at radius 1 is 1.16 bits per heavy atom. The molecule has 0 radical (unpaired) electrons. The Balaban J connectivity index is 2.31. The summed E-state index contributed by atoms with van der Waals surface area (Å²) < 4.78 is 0. The van der Waals surface area contributed by atoms with Crippen LogP contribution in [0.3, 0.4) is 0 Å². The molecule has 3 nitrogen and oxygen atoms in total. The number of hydrogen-bond acceptors (Lipinski definition) is 2. The normalized spacial score (nSPS) is 12.9. The minimum Gasteiger partial charge on any atom is -0.345 e. The molecule has 2 rings (SSSR count). The van der Waals surface area contributed by atoms with E-state index in [1.54, 1.807) is 0 Å². The van der Waals surface area contributed by atoms with E-state index < -0.39 is 0 Å². The Kier molecular flexibility index (Phi) is 4.38. The monoisotopic (exact) mass is 257 g/mol. The van der Waals surface area contributed by atoms with Gasteiger partial charge in [-0.2, -0.15) is 0 Å². The Hall–Kier alpha value is -1.61. The number of nitrogens with one attached hydrogen (secondary N) is 1. The molecule has 3 N–H and O–H groups in total. The van der Waals surface area contributed by atoms with Gasteiger partial charge in [0.25, 0.3) is 0 Å². The first-order chi connectivity index (χ1) is 9.08. The van der Waals surface area contributed by atoms with E-state index in [-0.39, 0.29) is 6.04 Å². The van der Waals surface area contributed by atoms with Gasteiger partial charge in [-0.1, -0.05) is 44.2 Å². The molecule has 3 heteroatoms. The number of hydrogen-bond donors (Lipinski definition) is 2. The third-order valence-corrected chi connectivity index (χ3v) is 3.24. The second-order valence-electron chi connectivity index (χ2n) is 5.48. The third-order valence-electron chi connectivity index (χ3n) is 3.24. The number of aromatic amines is 1. The lowest BCUT2D eigenvalue weighted by Crippen LogP contribution is -2.15. The zero-order valence-electron chi connectivity index (χ0n) is 12.0. The van der Waals surface area contributed by atoms with Crippen LogP contribution in [0.25, 0.3) is 11.3 Å². The number of H-pyrrole nitrogens is 1. The first-order valence-corrected chi connectivity index (χ1v) is 6.97. The first-order valence-electron chi connectivity index (χ1n) is 6.97. The smallest absolute Gasteiger partial charge is 0.107 e. The highest BCUT2D eigenvalue weighted by molar-refractivity contribution is 5.62. The van der Waals surface area contributed by atoms with Crippen molar-refractivity contribution < 1.29 is 0 Å². The lowest BCUT2D eigenvalue weighted by Gasteiger charge is -2.05. The number of imidazole rings is 1. The molecule has 1 heterocycles. The van der Waals surface area contributed by atoms with Gasteiger partial charge in [0.2, 0.25) is 0 Å². The fourth-order valence-corrected chi connectivity index (χ4v) is 2.15. The Morgan fingerprint density at radius 2 is 1.84 bits per heavy atom. The molecule has 0 spiro atoms. The minimum atomic E-state index is 0.216. The number of nitrogens with zero attached hydrogens (tertiary/aromatic N) is 1. The maximum absolute atomic E-state index is 5.81. The summed E-state index contributed by atoms with van der Waals surface area (Å²) in [6, 6.07) is 10.6. The highest BCUT2D eigenvalue weighted by Gasteiger charge is 2.14. The maximum Gasteiger partial charge on any atom is 0.107 e. The van der Waals surface area contributed by atoms with Crippen LogP contribution in [0.4, 0.5) is 0 Å². The van der Waals surface area contributed by atoms with Gasteiger partial charge in [-0.25, -0.2) is 4.98 Å². The second kappa shape index (κ2) is 6.02. The van der Waals surface area contributed by atoms with Gasteiger partial charge >= 0.3 is 0 Å². The molecule has 102 valence electrons. The van der Waals surface area contributed by atoms with E-state index in [1.165, 1.54) is 11.3 Å². The average molecular weight is 257 g/mol. The van der Waals surface area contributed by atoms with Crippen molar-refractivity contribution in [2.24, 2.45) is 5.73 Å². The third kappa shape index (κ3) is 3.44. The van der Waals surface area contributed by atoms with Gasteiger partial charge in [-0.05, 0) is 19.3 Å². The van der Waals surface area contributed by atoms with Crippen molar-refractivity contribution in [3.63, 3.8) is 0 Å². The van der Waals surface area contributed by atoms with Crippen LogP contribution >= 0.6 is 0 Å². The van der Waals surface area contributed by atoms with Crippen molar-refractivity contribution in [2.75, 3.05) is 0 Å². The fourth-order valence-electron chi connectivity index (χ4n) is 2.15. The quantitative estimate of drug-likeness (QED) is 0.861. The molecule has 0 fully saturated rings. The molecule has 0 saturated heterocycles. The Labute approximate surface area is 115 Å². The fraction of sp³-hybridized carbons (Fsp3) is 0.438. The standard InChI is InChI=1S/C16H23N3/c1-11(2)15-16(13-7-5-4-6-8-13)19-14(18-15)10-9-12(3)17/h4-8,11-12H,9-10,17H2,1-3H3,(H,18,19). The Bertz CT molecular complexity index is 512. The zero-order valence-corrected chi connectivity index (χ0v) is 12.0. The van der Waals surface area contributed by atoms with Gasteiger partial charge in [-0.3, -0.25) is 0 Å². The summed E-state index contributed by atoms with van der Waals surface area (Å²) in [5.41, 5.74) is 9.28. The van der Waals surface area contributed by atoms with Crippen molar-refractivity contribution in [1.82, 2.24) is 9.97 Å². The van der Waals surface area contributed by atoms with E-state index in [1.807, 2.05) is 13.0 Å². The summed E-state index contributed by atoms with van der Waals surface area (Å²) >= 11 is 0. The number of rotatable bonds is 5. The molecule has 0 aliphatic rings. The molecule has 0 bridgehead atoms. The molecule has 0 aliphatic carbocycles. The Morgan fingerprint density at radius 3 is 2.42 bits per heavy atom. The van der Waals surface area contributed by atoms with E-state index in [2.05, 4.69) is 43.1 Å². The van der Waals surface area contributed by atoms with Crippen LogP contribution in [0.2, 0.25) is 0 Å². The van der Waals surface area contributed by atoms with Crippen molar-refractivity contribution in [3.05, 3.63) is 41.9 Å². The minimum absolute atomic E-state index is 0.216. The van der Waals surface area contributed by atoms with Gasteiger partial charge in [0.05, 0.1) is 5.69 Å². The SMILES string of the molecule is CC(N)CCc1nc(-c2ccccc2)c(C(C)C)[nH]1. The topological polar surface area (TPSA) is 54.7 Å². The van der Waals surface area contributed by atoms with Crippen LogP contribution < -0.4 is 5.73 Å². The zero-order chi connectivity index (χ0) is 13.8. The van der Waals surface area contributed by atoms with Crippen LogP contribution in [0.5, 0.6) is 0 Å². The number of aryl methyl sites for hydroxylation is 1. The largest absolute Gasteiger partial charge is 0.345 e. The molecule has 1 aromatic carbocycles. The summed E-state index contributed by atoms with van der Waals surface area (Å²) in [6.45, 7) is 6.41. The molecule has 2 aromatic rings. The molecule has 1 atom stereocenters. The van der Waals surface area contributed by atoms with Crippen molar-refractivity contribution in [3.8, 4) is 11.3 Å². The van der Waals surface area contributed by atoms with E-state index in [0.29, 0.717) is 5.92 Å². The summed E-state index contributed by atoms with van der Waals surface area (Å²) in [5, 5.41) is 0. The van der Waals surface area contributed by atoms with E-state index in [0.717, 1.165) is 24.4 Å². The van der Waals surface area contributed by atoms with Crippen LogP contribution in [0.15, 0.2) is 30.3 Å². The summed E-state index contributed by atoms with van der Waals surface area (Å²) in [6.07, 6.45) is 1.86. The van der Waals surface area contributed by atoms with Gasteiger partial charge in [-0.15, -0.1) is 0 Å². The molecular weight excluding hydrogens is 234 g/mol. The van der Waals surface area contributed by atoms with Crippen LogP contribution in [-0.4, -0.2) is 16.0 Å². The molecule has 0 amide bonds. The number of nitrogens with two attached hydrogens (primary N) is 1. The highest BCUT2D eigenvalue weighted by Crippen LogP contribution is 2.27. The first kappa shape index (κ1) is 13.8. The van der Waals surface area contributed by atoms with Gasteiger partial charge in [0.1, 0.15) is 5.82 Å². The lowest BCUT2D eigenvalue weighted by atomic mass is 10.0. The lowest BCUT2D eigenvalue weighted by molar-refractivity contribution is 0.650. The van der Waals surface area contributed by atoms with E-state index >= 15 is 0 Å². The predicted octanol–water partition coefficient (Wildman–Crippen LogP) is 3.48. The maximum atomic E-state index is 5.81. The highest BCUT2D eigenvalue weighted by atomic mass is 14.9. The summed E-state index contributed by atoms with van der Waals surface area (Å²) in [7, 11) is 0. The van der Waals surface area contributed by atoms with Gasteiger partial charge in [0.15, 0.2) is 0 Å². The van der Waals surface area contributed by atoms with Crippen LogP contribution in [-0.2, 0) is 6.42 Å². The summed E-state index contributed by atoms with van der Waals surface area (Å²) in [4.78, 5) is 8.23. The number of benzene rings is 1. The molecular formula is C16H23N3. The van der Waals surface area contributed by atoms with E-state index in [4.69, 9.17) is 10.7 Å². The van der Waals surface area contributed by atoms with Crippen molar-refractivity contribution in [2.45, 2.75) is 45.6 Å². The van der Waals surface area contributed by atoms with Gasteiger partial charge in [0, 0.05) is 23.7 Å². The molecule has 1 unspecified atom stereocenters. The van der Waals surface area contributed by atoms with Crippen molar-refractivity contribution in [1.29, 1.82) is 0 Å². The molecule has 1 aromatic heterocycles.